The number of nitrogens with two attached hydrogens (primary N) is 1. The van der Waals surface area contributed by atoms with E-state index in [1.807, 2.05) is 12.1 Å². The first kappa shape index (κ1) is 15.8. The van der Waals surface area contributed by atoms with Crippen molar-refractivity contribution in [3.8, 4) is 5.75 Å². The second kappa shape index (κ2) is 6.89. The number of hydrogen-bond acceptors (Lipinski definition) is 4. The molecule has 0 spiro atoms. The van der Waals surface area contributed by atoms with Crippen LogP contribution in [0.4, 0.5) is 0 Å². The summed E-state index contributed by atoms with van der Waals surface area (Å²) >= 11 is 3.44. The minimum Gasteiger partial charge on any atom is -0.493 e. The number of nitrogens with one attached hydrogen (secondary N) is 1. The first-order chi connectivity index (χ1) is 9.52. The molecule has 1 aliphatic rings. The van der Waals surface area contributed by atoms with Gasteiger partial charge < -0.3 is 10.5 Å². The van der Waals surface area contributed by atoms with Crippen molar-refractivity contribution in [2.24, 2.45) is 5.73 Å². The third-order valence-electron chi connectivity index (χ3n) is 3.18. The minimum atomic E-state index is -3.26. The maximum atomic E-state index is 11.9. The van der Waals surface area contributed by atoms with Gasteiger partial charge in [0.05, 0.1) is 12.4 Å². The van der Waals surface area contributed by atoms with Crippen molar-refractivity contribution in [2.75, 3.05) is 18.9 Å². The Morgan fingerprint density at radius 1 is 1.35 bits per heavy atom. The van der Waals surface area contributed by atoms with Crippen LogP contribution in [0.15, 0.2) is 16.6 Å². The number of fused-ring (bicyclic) bond motifs is 1. The molecule has 112 valence electrons. The third kappa shape index (κ3) is 4.18. The highest BCUT2D eigenvalue weighted by Crippen LogP contribution is 2.32. The van der Waals surface area contributed by atoms with Gasteiger partial charge in [-0.3, -0.25) is 0 Å². The molecule has 2 rings (SSSR count). The highest BCUT2D eigenvalue weighted by Gasteiger charge is 2.19. The van der Waals surface area contributed by atoms with Crippen LogP contribution in [-0.4, -0.2) is 27.3 Å². The van der Waals surface area contributed by atoms with Crippen LogP contribution in [0.25, 0.3) is 0 Å². The van der Waals surface area contributed by atoms with E-state index in [0.29, 0.717) is 19.6 Å². The molecule has 0 saturated carbocycles. The fourth-order valence-electron chi connectivity index (χ4n) is 2.17. The maximum absolute atomic E-state index is 11.9. The highest BCUT2D eigenvalue weighted by atomic mass is 79.9. The van der Waals surface area contributed by atoms with Gasteiger partial charge in [-0.1, -0.05) is 15.9 Å². The average molecular weight is 363 g/mol. The van der Waals surface area contributed by atoms with E-state index in [0.717, 1.165) is 34.2 Å². The summed E-state index contributed by atoms with van der Waals surface area (Å²) < 4.78 is 32.9. The highest BCUT2D eigenvalue weighted by molar-refractivity contribution is 9.10. The number of ether oxygens (including phenoxy) is 1. The van der Waals surface area contributed by atoms with Gasteiger partial charge >= 0.3 is 0 Å². The zero-order valence-electron chi connectivity index (χ0n) is 11.2. The van der Waals surface area contributed by atoms with Gasteiger partial charge in [0, 0.05) is 23.0 Å². The molecule has 0 radical (unpaired) electrons. The fourth-order valence-corrected chi connectivity index (χ4v) is 3.83. The van der Waals surface area contributed by atoms with Gasteiger partial charge in [-0.25, -0.2) is 13.1 Å². The molecule has 0 saturated heterocycles. The first-order valence-corrected chi connectivity index (χ1v) is 9.08. The zero-order chi connectivity index (χ0) is 14.6. The Morgan fingerprint density at radius 2 is 2.15 bits per heavy atom. The normalized spacial score (nSPS) is 14.1. The molecule has 0 fully saturated rings. The van der Waals surface area contributed by atoms with E-state index < -0.39 is 10.0 Å². The molecule has 0 unspecified atom stereocenters. The third-order valence-corrected chi connectivity index (χ3v) is 5.04. The summed E-state index contributed by atoms with van der Waals surface area (Å²) in [7, 11) is -3.26. The second-order valence-corrected chi connectivity index (χ2v) is 7.63. The van der Waals surface area contributed by atoms with E-state index in [1.165, 1.54) is 0 Å². The molecule has 1 heterocycles. The molecule has 0 aliphatic carbocycles. The van der Waals surface area contributed by atoms with Crippen molar-refractivity contribution in [2.45, 2.75) is 25.8 Å². The summed E-state index contributed by atoms with van der Waals surface area (Å²) in [6, 6.07) is 3.91. The van der Waals surface area contributed by atoms with Crippen LogP contribution >= 0.6 is 15.9 Å². The van der Waals surface area contributed by atoms with Crippen LogP contribution in [0, 0.1) is 0 Å². The van der Waals surface area contributed by atoms with E-state index in [-0.39, 0.29) is 12.3 Å². The van der Waals surface area contributed by atoms with E-state index in [9.17, 15) is 8.42 Å². The monoisotopic (exact) mass is 362 g/mol. The van der Waals surface area contributed by atoms with Crippen molar-refractivity contribution < 1.29 is 13.2 Å². The molecule has 1 aromatic rings. The predicted molar refractivity (Wildman–Crippen MR) is 82.3 cm³/mol. The van der Waals surface area contributed by atoms with Crippen molar-refractivity contribution in [1.82, 2.24) is 4.72 Å². The molecule has 0 bridgehead atoms. The SMILES string of the molecule is NCCCCS(=O)(=O)NCc1cc(Br)cc2c1OCC2. The quantitative estimate of drug-likeness (QED) is 0.720. The fraction of sp³-hybridized carbons (Fsp3) is 0.538. The number of unbranched alkanes of at least 4 members (excludes halogenated alkanes) is 1. The van der Waals surface area contributed by atoms with Gasteiger partial charge in [-0.2, -0.15) is 0 Å². The van der Waals surface area contributed by atoms with Crippen LogP contribution in [0.3, 0.4) is 0 Å². The van der Waals surface area contributed by atoms with Crippen LogP contribution in [0.1, 0.15) is 24.0 Å². The molecular weight excluding hydrogens is 344 g/mol. The molecule has 20 heavy (non-hydrogen) atoms. The summed E-state index contributed by atoms with van der Waals surface area (Å²) in [6.45, 7) is 1.43. The predicted octanol–water partition coefficient (Wildman–Crippen LogP) is 1.54. The molecular formula is C13H19BrN2O3S. The van der Waals surface area contributed by atoms with Gasteiger partial charge in [0.2, 0.25) is 10.0 Å². The lowest BCUT2D eigenvalue weighted by atomic mass is 10.1. The average Bonchev–Trinajstić information content (AvgIpc) is 2.84. The largest absolute Gasteiger partial charge is 0.493 e. The Morgan fingerprint density at radius 3 is 2.90 bits per heavy atom. The standard InChI is InChI=1S/C13H19BrN2O3S/c14-12-7-10-3-5-19-13(10)11(8-12)9-16-20(17,18)6-2-1-4-15/h7-8,16H,1-6,9,15H2. The molecule has 7 heteroatoms. The second-order valence-electron chi connectivity index (χ2n) is 4.79. The number of benzene rings is 1. The summed E-state index contributed by atoms with van der Waals surface area (Å²) in [5.41, 5.74) is 7.36. The Balaban J connectivity index is 2.01. The lowest BCUT2D eigenvalue weighted by Gasteiger charge is -2.11. The summed E-state index contributed by atoms with van der Waals surface area (Å²) in [4.78, 5) is 0. The Bertz CT molecular complexity index is 575. The van der Waals surface area contributed by atoms with Crippen LogP contribution in [-0.2, 0) is 23.0 Å². The smallest absolute Gasteiger partial charge is 0.211 e. The van der Waals surface area contributed by atoms with Gasteiger partial charge in [-0.05, 0) is 37.1 Å². The molecule has 0 aromatic heterocycles. The van der Waals surface area contributed by atoms with Crippen molar-refractivity contribution in [1.29, 1.82) is 0 Å². The minimum absolute atomic E-state index is 0.112. The lowest BCUT2D eigenvalue weighted by molar-refractivity contribution is 0.353. The summed E-state index contributed by atoms with van der Waals surface area (Å²) in [6.07, 6.45) is 2.17. The van der Waals surface area contributed by atoms with E-state index in [2.05, 4.69) is 20.7 Å². The van der Waals surface area contributed by atoms with E-state index >= 15 is 0 Å². The summed E-state index contributed by atoms with van der Waals surface area (Å²) in [5.74, 6) is 0.930. The van der Waals surface area contributed by atoms with Gasteiger partial charge in [0.25, 0.3) is 0 Å². The number of sulfonamides is 1. The topological polar surface area (TPSA) is 81.4 Å². The zero-order valence-corrected chi connectivity index (χ0v) is 13.6. The molecule has 5 nitrogen and oxygen atoms in total. The Labute approximate surface area is 128 Å². The molecule has 1 aromatic carbocycles. The Hall–Kier alpha value is -0.630. The van der Waals surface area contributed by atoms with Crippen LogP contribution in [0.2, 0.25) is 0 Å². The van der Waals surface area contributed by atoms with Crippen molar-refractivity contribution >= 4 is 26.0 Å². The molecule has 3 N–H and O–H groups in total. The van der Waals surface area contributed by atoms with E-state index in [1.54, 1.807) is 0 Å². The lowest BCUT2D eigenvalue weighted by Crippen LogP contribution is -2.26. The van der Waals surface area contributed by atoms with Crippen LogP contribution in [0.5, 0.6) is 5.75 Å². The number of rotatable bonds is 7. The number of halogens is 1. The van der Waals surface area contributed by atoms with Gasteiger partial charge in [-0.15, -0.1) is 0 Å². The van der Waals surface area contributed by atoms with E-state index in [4.69, 9.17) is 10.5 Å². The molecule has 1 aliphatic heterocycles. The molecule has 0 amide bonds. The maximum Gasteiger partial charge on any atom is 0.211 e. The van der Waals surface area contributed by atoms with Crippen LogP contribution < -0.4 is 15.2 Å². The van der Waals surface area contributed by atoms with Crippen molar-refractivity contribution in [3.05, 3.63) is 27.7 Å². The number of hydrogen-bond donors (Lipinski definition) is 2. The summed E-state index contributed by atoms with van der Waals surface area (Å²) in [5, 5.41) is 0. The molecule has 0 atom stereocenters. The van der Waals surface area contributed by atoms with Gasteiger partial charge in [0.1, 0.15) is 5.75 Å². The first-order valence-electron chi connectivity index (χ1n) is 6.63. The van der Waals surface area contributed by atoms with Crippen molar-refractivity contribution in [3.63, 3.8) is 0 Å². The van der Waals surface area contributed by atoms with Gasteiger partial charge in [0.15, 0.2) is 0 Å². The Kier molecular flexibility index (Phi) is 5.42.